The summed E-state index contributed by atoms with van der Waals surface area (Å²) >= 11 is 0. The van der Waals surface area contributed by atoms with E-state index in [0.717, 1.165) is 0 Å². The third-order valence-corrected chi connectivity index (χ3v) is 0. The van der Waals surface area contributed by atoms with E-state index in [4.69, 9.17) is 0 Å². The van der Waals surface area contributed by atoms with Crippen molar-refractivity contribution in [2.24, 2.45) is 0 Å². The molecule has 0 rings (SSSR count). The van der Waals surface area contributed by atoms with Gasteiger partial charge < -0.3 is 82.5 Å². The predicted octanol–water partition coefficient (Wildman–Crippen LogP) is -16.9. The van der Waals surface area contributed by atoms with Crippen LogP contribution in [0.3, 0.4) is 0 Å². The summed E-state index contributed by atoms with van der Waals surface area (Å²) in [6.45, 7) is 0. The molecule has 0 bridgehead atoms. The molecule has 80 valence electrons. The second kappa shape index (κ2) is 307. The minimum atomic E-state index is 0. The van der Waals surface area contributed by atoms with Crippen LogP contribution in [-0.4, -0.2) is 32.9 Å². The summed E-state index contributed by atoms with van der Waals surface area (Å²) in [5.41, 5.74) is 0. The van der Waals surface area contributed by atoms with Crippen molar-refractivity contribution < 1.29 is 122 Å². The molecule has 0 amide bonds. The maximum atomic E-state index is 0. The van der Waals surface area contributed by atoms with E-state index in [1.807, 2.05) is 0 Å². The quantitative estimate of drug-likeness (QED) is 0.318. The van der Waals surface area contributed by atoms with E-state index < -0.39 is 0 Å². The topological polar surface area (TPSA) is 189 Å². The second-order valence-electron chi connectivity index (χ2n) is 0. The van der Waals surface area contributed by atoms with Crippen molar-refractivity contribution in [3.63, 3.8) is 0 Å². The van der Waals surface area contributed by atoms with Crippen LogP contribution in [0.4, 0.5) is 0 Å². The molecule has 0 aromatic heterocycles. The molecule has 0 aliphatic rings. The van der Waals surface area contributed by atoms with Gasteiger partial charge in [0.2, 0.25) is 0 Å². The molecule has 0 aromatic carbocycles. The molecule has 0 atom stereocenters. The average Bonchev–Trinajstić information content (AvgIpc) is 0. The molecule has 0 aliphatic heterocycles. The van der Waals surface area contributed by atoms with Gasteiger partial charge in [-0.05, 0) is 0 Å². The van der Waals surface area contributed by atoms with Gasteiger partial charge in [-0.1, -0.05) is 0 Å². The second-order valence-corrected chi connectivity index (χ2v) is 0. The van der Waals surface area contributed by atoms with Crippen LogP contribution in [-0.2, 0) is 0 Å². The van der Waals surface area contributed by atoms with Crippen LogP contribution >= 0.6 is 0 Å². The van der Waals surface area contributed by atoms with Crippen molar-refractivity contribution in [1.29, 1.82) is 0 Å². The smallest absolute Gasteiger partial charge is 1.00 e. The molecule has 0 saturated heterocycles. The minimum Gasteiger partial charge on any atom is -1.00 e. The maximum Gasteiger partial charge on any atom is 4.00 e. The zero-order valence-electron chi connectivity index (χ0n) is 5.01. The van der Waals surface area contributed by atoms with Crippen LogP contribution in [0.1, 0.15) is 0 Å². The Bertz CT molecular complexity index is 14.5. The van der Waals surface area contributed by atoms with Crippen molar-refractivity contribution in [2.45, 2.75) is 0 Å². The van der Waals surface area contributed by atoms with Crippen molar-refractivity contribution in [1.82, 2.24) is 0 Å². The van der Waals surface area contributed by atoms with Crippen LogP contribution in [0.15, 0.2) is 0 Å². The first-order valence-corrected chi connectivity index (χ1v) is 0. The molecule has 0 aliphatic carbocycles. The van der Waals surface area contributed by atoms with Gasteiger partial charge in [0.25, 0.3) is 0 Å². The van der Waals surface area contributed by atoms with Gasteiger partial charge in [0.05, 0.1) is 0 Å². The molecule has 6 nitrogen and oxygen atoms in total. The Hall–Kier alpha value is 2.24. The number of halogens is 4. The van der Waals surface area contributed by atoms with Gasteiger partial charge in [0, 0.05) is 0 Å². The van der Waals surface area contributed by atoms with Crippen LogP contribution < -0.4 is 49.6 Å². The number of hydrogen-bond donors (Lipinski definition) is 0. The largest absolute Gasteiger partial charge is 4.00 e. The van der Waals surface area contributed by atoms with Gasteiger partial charge in [-0.15, -0.1) is 0 Å². The van der Waals surface area contributed by atoms with Gasteiger partial charge in [0.15, 0.2) is 0 Å². The molecule has 12 N–H and O–H groups in total. The van der Waals surface area contributed by atoms with E-state index in [0.29, 0.717) is 0 Å². The fourth-order valence-electron chi connectivity index (χ4n) is 0. The van der Waals surface area contributed by atoms with E-state index in [1.165, 1.54) is 0 Å². The Labute approximate surface area is 121 Å². The molecular formula is H12Cl4O6Th. The molecule has 11 heteroatoms. The summed E-state index contributed by atoms with van der Waals surface area (Å²) in [6.07, 6.45) is 0. The molecule has 0 saturated carbocycles. The van der Waals surface area contributed by atoms with Crippen molar-refractivity contribution in [3.8, 4) is 0 Å². The van der Waals surface area contributed by atoms with E-state index in [9.17, 15) is 0 Å². The number of rotatable bonds is 0. The van der Waals surface area contributed by atoms with Gasteiger partial charge >= 0.3 is 39.9 Å². The van der Waals surface area contributed by atoms with E-state index in [1.54, 1.807) is 0 Å². The van der Waals surface area contributed by atoms with Crippen molar-refractivity contribution in [3.05, 3.63) is 0 Å². The van der Waals surface area contributed by atoms with Crippen LogP contribution in [0, 0.1) is 39.9 Å². The number of hydrogen-bond acceptors (Lipinski definition) is 0. The van der Waals surface area contributed by atoms with Crippen molar-refractivity contribution >= 4 is 0 Å². The zero-order chi connectivity index (χ0) is 0. The summed E-state index contributed by atoms with van der Waals surface area (Å²) in [6, 6.07) is 0. The molecular weight excluding hydrogens is 470 g/mol. The summed E-state index contributed by atoms with van der Waals surface area (Å²) in [7, 11) is 0. The average molecular weight is 482 g/mol. The van der Waals surface area contributed by atoms with Gasteiger partial charge in [-0.2, -0.15) is 0 Å². The molecule has 11 heavy (non-hydrogen) atoms. The Balaban J connectivity index is 0. The Morgan fingerprint density at radius 1 is 0.273 bits per heavy atom. The third-order valence-electron chi connectivity index (χ3n) is 0. The zero-order valence-corrected chi connectivity index (χ0v) is 12.1. The molecule has 0 aromatic rings. The van der Waals surface area contributed by atoms with E-state index in [2.05, 4.69) is 0 Å². The summed E-state index contributed by atoms with van der Waals surface area (Å²) < 4.78 is 0. The van der Waals surface area contributed by atoms with Gasteiger partial charge in [0.1, 0.15) is 0 Å². The normalized spacial score (nSPS) is 0. The van der Waals surface area contributed by atoms with E-state index >= 15 is 0 Å². The first-order chi connectivity index (χ1) is 0. The fraction of sp³-hybridized carbons (Fsp3) is 0. The SMILES string of the molecule is O.O.O.O.O.O.[Cl-].[Cl-].[Cl-].[Cl-].[Th+4]. The van der Waals surface area contributed by atoms with Gasteiger partial charge in [-0.3, -0.25) is 0 Å². The fourth-order valence-corrected chi connectivity index (χ4v) is 0. The minimum absolute atomic E-state index is 0. The Morgan fingerprint density at radius 3 is 0.273 bits per heavy atom. The van der Waals surface area contributed by atoms with Crippen LogP contribution in [0.5, 0.6) is 0 Å². The first-order valence-electron chi connectivity index (χ1n) is 0. The monoisotopic (exact) mass is 480 g/mol. The van der Waals surface area contributed by atoms with Crippen LogP contribution in [0.25, 0.3) is 0 Å². The molecule has 0 unspecified atom stereocenters. The van der Waals surface area contributed by atoms with Crippen LogP contribution in [0.2, 0.25) is 0 Å². The van der Waals surface area contributed by atoms with Gasteiger partial charge in [-0.25, -0.2) is 0 Å². The molecule has 0 fully saturated rings. The molecule has 0 heterocycles. The standard InChI is InChI=1S/4ClH.6H2O.Th/h4*1H;6*1H2;/q;;;;;;;;;;+4/p-4. The predicted molar refractivity (Wildman–Crippen MR) is 21.7 cm³/mol. The summed E-state index contributed by atoms with van der Waals surface area (Å²) in [5, 5.41) is 0. The Kier molecular flexibility index (Phi) is 11000. The van der Waals surface area contributed by atoms with E-state index in [-0.39, 0.29) is 122 Å². The maximum absolute atomic E-state index is 0. The summed E-state index contributed by atoms with van der Waals surface area (Å²) in [4.78, 5) is 0. The first kappa shape index (κ1) is 394. The third kappa shape index (κ3) is 255. The molecule has 0 spiro atoms. The summed E-state index contributed by atoms with van der Waals surface area (Å²) in [5.74, 6) is 0. The Morgan fingerprint density at radius 2 is 0.273 bits per heavy atom. The molecule has 0 radical (unpaired) electrons. The van der Waals surface area contributed by atoms with Crippen molar-refractivity contribution in [2.75, 3.05) is 0 Å².